The van der Waals surface area contributed by atoms with Gasteiger partial charge < -0.3 is 43.1 Å². The van der Waals surface area contributed by atoms with Crippen LogP contribution in [0.5, 0.6) is 0 Å². The van der Waals surface area contributed by atoms with E-state index in [1.807, 2.05) is 0 Å². The first kappa shape index (κ1) is 110. The van der Waals surface area contributed by atoms with Crippen LogP contribution in [0, 0.1) is 0 Å². The van der Waals surface area contributed by atoms with Gasteiger partial charge in [-0.3, -0.25) is 0 Å². The molecular formula is CH14CaO9. The molecule has 0 aliphatic carbocycles. The van der Waals surface area contributed by atoms with Crippen molar-refractivity contribution in [3.05, 3.63) is 0 Å². The second-order valence-corrected chi connectivity index (χ2v) is 0.283. The maximum atomic E-state index is 8.56. The molecule has 0 spiro atoms. The van der Waals surface area contributed by atoms with Gasteiger partial charge in [0.15, 0.2) is 0 Å². The van der Waals surface area contributed by atoms with E-state index in [1.165, 1.54) is 0 Å². The van der Waals surface area contributed by atoms with E-state index in [0.29, 0.717) is 0 Å². The normalized spacial score (nSPS) is 2.18. The molecule has 0 aliphatic rings. The smallest absolute Gasteiger partial charge is 0.450 e. The van der Waals surface area contributed by atoms with Gasteiger partial charge in [-0.05, 0) is 0 Å². The van der Waals surface area contributed by atoms with Gasteiger partial charge in [-0.15, -0.1) is 0 Å². The van der Waals surface area contributed by atoms with Gasteiger partial charge in [-0.1, -0.05) is 0 Å². The summed E-state index contributed by atoms with van der Waals surface area (Å²) in [5.74, 6) is 0. The molecule has 11 heavy (non-hydrogen) atoms. The zero-order chi connectivity index (χ0) is 3.58. The van der Waals surface area contributed by atoms with Crippen LogP contribution >= 0.6 is 0 Å². The average molecular weight is 210 g/mol. The molecule has 14 N–H and O–H groups in total. The molecule has 0 aliphatic heterocycles. The van der Waals surface area contributed by atoms with Crippen LogP contribution in [-0.2, 0) is 0 Å². The van der Waals surface area contributed by atoms with Gasteiger partial charge in [0, 0.05) is 37.7 Å². The minimum atomic E-state index is -1.83. The molecule has 10 heteroatoms. The first-order valence-electron chi connectivity index (χ1n) is 0.651. The van der Waals surface area contributed by atoms with Crippen molar-refractivity contribution in [2.75, 3.05) is 0 Å². The van der Waals surface area contributed by atoms with Gasteiger partial charge in [0.1, 0.15) is 0 Å². The van der Waals surface area contributed by atoms with Gasteiger partial charge in [-0.2, -0.15) is 0 Å². The third-order valence-electron chi connectivity index (χ3n) is 0. The molecule has 0 saturated heterocycles. The van der Waals surface area contributed by atoms with Crippen molar-refractivity contribution < 1.29 is 47.9 Å². The van der Waals surface area contributed by atoms with Crippen LogP contribution in [0.15, 0.2) is 0 Å². The Morgan fingerprint density at radius 3 is 0.727 bits per heavy atom. The van der Waals surface area contributed by atoms with E-state index in [9.17, 15) is 0 Å². The SMILES string of the molecule is O.O.O.O.O.O.O=C(O)O.[Ca]. The van der Waals surface area contributed by atoms with Crippen molar-refractivity contribution in [3.8, 4) is 0 Å². The van der Waals surface area contributed by atoms with Crippen LogP contribution in [0.4, 0.5) is 4.79 Å². The summed E-state index contributed by atoms with van der Waals surface area (Å²) in [7, 11) is 0. The fourth-order valence-corrected chi connectivity index (χ4v) is 0. The Bertz CT molecular complexity index is 32.5. The summed E-state index contributed by atoms with van der Waals surface area (Å²) in [5, 5.41) is 13.9. The number of hydrogen-bond acceptors (Lipinski definition) is 1. The summed E-state index contributed by atoms with van der Waals surface area (Å²) in [6, 6.07) is 0. The summed E-state index contributed by atoms with van der Waals surface area (Å²) >= 11 is 0. The van der Waals surface area contributed by atoms with Crippen LogP contribution in [0.25, 0.3) is 0 Å². The van der Waals surface area contributed by atoms with Crippen molar-refractivity contribution in [1.29, 1.82) is 0 Å². The van der Waals surface area contributed by atoms with E-state index in [-0.39, 0.29) is 70.6 Å². The predicted octanol–water partition coefficient (Wildman–Crippen LogP) is -5.11. The topological polar surface area (TPSA) is 247 Å². The summed E-state index contributed by atoms with van der Waals surface area (Å²) in [5.41, 5.74) is 0. The number of rotatable bonds is 0. The molecule has 0 atom stereocenters. The summed E-state index contributed by atoms with van der Waals surface area (Å²) < 4.78 is 0. The summed E-state index contributed by atoms with van der Waals surface area (Å²) in [4.78, 5) is 8.56. The van der Waals surface area contributed by atoms with Crippen LogP contribution in [0.3, 0.4) is 0 Å². The number of hydrogen-bond donors (Lipinski definition) is 2. The average Bonchev–Trinajstić information content (AvgIpc) is 0.811. The quantitative estimate of drug-likeness (QED) is 0.372. The Balaban J connectivity index is -0.00000000214. The van der Waals surface area contributed by atoms with Crippen LogP contribution < -0.4 is 0 Å². The fraction of sp³-hybridized carbons (Fsp3) is 0. The summed E-state index contributed by atoms with van der Waals surface area (Å²) in [6.45, 7) is 0. The Morgan fingerprint density at radius 2 is 0.727 bits per heavy atom. The maximum Gasteiger partial charge on any atom is 0.503 e. The van der Waals surface area contributed by atoms with Gasteiger partial charge >= 0.3 is 6.16 Å². The predicted molar refractivity (Wildman–Crippen MR) is 38.1 cm³/mol. The second-order valence-electron chi connectivity index (χ2n) is 0.283. The van der Waals surface area contributed by atoms with E-state index in [1.54, 1.807) is 0 Å². The van der Waals surface area contributed by atoms with Gasteiger partial charge in [0.25, 0.3) is 0 Å². The second kappa shape index (κ2) is 82.1. The molecule has 0 heterocycles. The molecule has 0 saturated carbocycles. The minimum absolute atomic E-state index is 0. The first-order chi connectivity index (χ1) is 1.73. The van der Waals surface area contributed by atoms with Crippen molar-refractivity contribution in [1.82, 2.24) is 0 Å². The summed E-state index contributed by atoms with van der Waals surface area (Å²) in [6.07, 6.45) is -1.83. The molecule has 0 aromatic carbocycles. The zero-order valence-corrected chi connectivity index (χ0v) is 7.72. The fourth-order valence-electron chi connectivity index (χ4n) is 0. The molecular weight excluding hydrogens is 196 g/mol. The van der Waals surface area contributed by atoms with E-state index in [2.05, 4.69) is 0 Å². The molecule has 0 rings (SSSR count). The van der Waals surface area contributed by atoms with E-state index >= 15 is 0 Å². The van der Waals surface area contributed by atoms with E-state index in [0.717, 1.165) is 0 Å². The van der Waals surface area contributed by atoms with E-state index < -0.39 is 6.16 Å². The van der Waals surface area contributed by atoms with Gasteiger partial charge in [-0.25, -0.2) is 4.79 Å². The Kier molecular flexibility index (Phi) is 824. The monoisotopic (exact) mass is 210 g/mol. The zero-order valence-electron chi connectivity index (χ0n) is 5.51. The molecule has 74 valence electrons. The number of carbonyl (C=O) groups is 1. The number of carboxylic acid groups (broad SMARTS) is 2. The van der Waals surface area contributed by atoms with E-state index in [4.69, 9.17) is 15.0 Å². The molecule has 0 bridgehead atoms. The Hall–Kier alpha value is 0.290. The van der Waals surface area contributed by atoms with Crippen LogP contribution in [-0.4, -0.2) is 87.0 Å². The molecule has 0 unspecified atom stereocenters. The Morgan fingerprint density at radius 1 is 0.727 bits per heavy atom. The molecule has 0 amide bonds. The minimum Gasteiger partial charge on any atom is -0.450 e. The van der Waals surface area contributed by atoms with Crippen molar-refractivity contribution in [2.24, 2.45) is 0 Å². The van der Waals surface area contributed by atoms with Crippen molar-refractivity contribution in [2.45, 2.75) is 0 Å². The van der Waals surface area contributed by atoms with Crippen LogP contribution in [0.2, 0.25) is 0 Å². The molecule has 2 radical (unpaired) electrons. The first-order valence-corrected chi connectivity index (χ1v) is 0.651. The van der Waals surface area contributed by atoms with Gasteiger partial charge in [0.05, 0.1) is 0 Å². The molecule has 9 nitrogen and oxygen atoms in total. The maximum absolute atomic E-state index is 8.56. The third-order valence-corrected chi connectivity index (χ3v) is 0. The van der Waals surface area contributed by atoms with Crippen molar-refractivity contribution >= 4 is 43.9 Å². The van der Waals surface area contributed by atoms with Gasteiger partial charge in [0.2, 0.25) is 0 Å². The van der Waals surface area contributed by atoms with Crippen molar-refractivity contribution in [3.63, 3.8) is 0 Å². The molecule has 0 aromatic rings. The molecule has 0 fully saturated rings. The largest absolute Gasteiger partial charge is 0.503 e. The van der Waals surface area contributed by atoms with Crippen LogP contribution in [0.1, 0.15) is 0 Å². The third kappa shape index (κ3) is 8420. The molecule has 0 aromatic heterocycles. The standard InChI is InChI=1S/CH2O3.Ca.6H2O/c2-1(3)4;;;;;;;/h(H2,2,3,4);;6*1H2. The Labute approximate surface area is 91.5 Å².